The Morgan fingerprint density at radius 1 is 1.11 bits per heavy atom. The van der Waals surface area contributed by atoms with E-state index in [0.29, 0.717) is 76.0 Å². The maximum absolute atomic E-state index is 15.0. The summed E-state index contributed by atoms with van der Waals surface area (Å²) in [5, 5.41) is 17.6. The van der Waals surface area contributed by atoms with Gasteiger partial charge in [-0.25, -0.2) is 9.18 Å². The van der Waals surface area contributed by atoms with Gasteiger partial charge in [-0.3, -0.25) is 15.0 Å². The number of halogens is 1. The standard InChI is InChI=1S/C35H42FN7O4/c1-3-24-26(36)7-6-22-14-23(44)15-28(29(22)24)41-13-8-25-27(18-41)37-33(47-20-34-9-4-12-43(34)17-21(2)16-34)38-30(25)42-11-5-10-35(19-42)31(45)39-32(46)40-35/h6-7,14-15,21,44H,3-5,8-13,16-20H2,1-2H3,(H2,39,40,45,46)/t21-,34+,35?/m1/s1. The summed E-state index contributed by atoms with van der Waals surface area (Å²) >= 11 is 0. The number of phenolic OH excluding ortho intramolecular Hbond substituents is 1. The zero-order chi connectivity index (χ0) is 32.5. The predicted molar refractivity (Wildman–Crippen MR) is 175 cm³/mol. The molecule has 2 aromatic carbocycles. The van der Waals surface area contributed by atoms with E-state index in [9.17, 15) is 14.7 Å². The Kier molecular flexibility index (Phi) is 7.19. The number of aromatic hydroxyl groups is 1. The molecule has 1 aromatic heterocycles. The molecule has 0 aliphatic carbocycles. The van der Waals surface area contributed by atoms with Crippen LogP contribution in [0.15, 0.2) is 24.3 Å². The number of fused-ring (bicyclic) bond motifs is 3. The van der Waals surface area contributed by atoms with Crippen molar-refractivity contribution >= 4 is 34.2 Å². The molecule has 6 heterocycles. The second-order valence-electron chi connectivity index (χ2n) is 14.3. The third kappa shape index (κ3) is 5.03. The van der Waals surface area contributed by atoms with Gasteiger partial charge in [0.25, 0.3) is 5.91 Å². The number of nitrogens with one attached hydrogen (secondary N) is 2. The highest BCUT2D eigenvalue weighted by molar-refractivity contribution is 6.07. The fourth-order valence-corrected chi connectivity index (χ4v) is 9.06. The molecule has 4 fully saturated rings. The first-order valence-corrected chi connectivity index (χ1v) is 17.0. The van der Waals surface area contributed by atoms with Gasteiger partial charge in [-0.05, 0) is 80.5 Å². The average molecular weight is 644 g/mol. The van der Waals surface area contributed by atoms with Crippen molar-refractivity contribution in [2.45, 2.75) is 76.4 Å². The number of piperidine rings is 1. The van der Waals surface area contributed by atoms with E-state index < -0.39 is 11.6 Å². The number of ether oxygens (including phenoxy) is 1. The summed E-state index contributed by atoms with van der Waals surface area (Å²) in [7, 11) is 0. The zero-order valence-corrected chi connectivity index (χ0v) is 27.1. The minimum Gasteiger partial charge on any atom is -0.508 e. The van der Waals surface area contributed by atoms with Gasteiger partial charge >= 0.3 is 12.0 Å². The van der Waals surface area contributed by atoms with Gasteiger partial charge in [0.15, 0.2) is 0 Å². The molecule has 5 aliphatic rings. The molecule has 0 bridgehead atoms. The minimum absolute atomic E-state index is 0.00656. The van der Waals surface area contributed by atoms with E-state index in [1.54, 1.807) is 18.2 Å². The Labute approximate surface area is 273 Å². The summed E-state index contributed by atoms with van der Waals surface area (Å²) in [6, 6.07) is 6.43. The third-order valence-corrected chi connectivity index (χ3v) is 11.1. The Bertz CT molecular complexity index is 1790. The molecule has 3 amide bonds. The van der Waals surface area contributed by atoms with Crippen molar-refractivity contribution in [1.82, 2.24) is 25.5 Å². The molecular weight excluding hydrogens is 601 g/mol. The van der Waals surface area contributed by atoms with E-state index in [1.165, 1.54) is 6.07 Å². The fraction of sp³-hybridized carbons (Fsp3) is 0.543. The second kappa shape index (κ2) is 11.2. The summed E-state index contributed by atoms with van der Waals surface area (Å²) < 4.78 is 21.6. The summed E-state index contributed by atoms with van der Waals surface area (Å²) in [6.07, 6.45) is 5.73. The van der Waals surface area contributed by atoms with Crippen LogP contribution in [-0.2, 0) is 24.2 Å². The molecule has 1 spiro atoms. The van der Waals surface area contributed by atoms with Crippen LogP contribution in [0.5, 0.6) is 11.8 Å². The number of hydrogen-bond donors (Lipinski definition) is 3. The Morgan fingerprint density at radius 2 is 1.96 bits per heavy atom. The Balaban J connectivity index is 1.17. The average Bonchev–Trinajstić information content (AvgIpc) is 3.67. The van der Waals surface area contributed by atoms with Crippen LogP contribution in [0.25, 0.3) is 10.8 Å². The smallest absolute Gasteiger partial charge is 0.322 e. The van der Waals surface area contributed by atoms with Crippen LogP contribution in [0.2, 0.25) is 0 Å². The van der Waals surface area contributed by atoms with E-state index in [1.807, 2.05) is 6.92 Å². The molecule has 11 nitrogen and oxygen atoms in total. The van der Waals surface area contributed by atoms with Crippen molar-refractivity contribution in [3.8, 4) is 11.8 Å². The van der Waals surface area contributed by atoms with Crippen molar-refractivity contribution in [2.75, 3.05) is 49.1 Å². The summed E-state index contributed by atoms with van der Waals surface area (Å²) in [4.78, 5) is 42.0. The number of amides is 3. The maximum Gasteiger partial charge on any atom is 0.322 e. The SMILES string of the molecule is CCc1c(F)ccc2cc(O)cc(N3CCc4c(nc(OC[C@@]56CCCN5C[C@H](C)C6)nc4N4CCCC5(C4)NC(=O)NC5=O)C3)c12. The number of nitrogens with zero attached hydrogens (tertiary/aromatic N) is 5. The lowest BCUT2D eigenvalue weighted by molar-refractivity contribution is -0.124. The van der Waals surface area contributed by atoms with Gasteiger partial charge < -0.3 is 25.0 Å². The number of imide groups is 1. The Hall–Kier alpha value is -4.19. The van der Waals surface area contributed by atoms with E-state index in [2.05, 4.69) is 32.3 Å². The number of hydrogen-bond acceptors (Lipinski definition) is 9. The zero-order valence-electron chi connectivity index (χ0n) is 27.1. The predicted octanol–water partition coefficient (Wildman–Crippen LogP) is 4.03. The molecule has 4 saturated heterocycles. The number of phenols is 1. The largest absolute Gasteiger partial charge is 0.508 e. The number of benzene rings is 2. The molecule has 47 heavy (non-hydrogen) atoms. The first-order valence-electron chi connectivity index (χ1n) is 17.0. The molecule has 1 unspecified atom stereocenters. The lowest BCUT2D eigenvalue weighted by Crippen LogP contribution is -2.59. The van der Waals surface area contributed by atoms with Crippen molar-refractivity contribution in [3.05, 3.63) is 46.9 Å². The first-order chi connectivity index (χ1) is 22.7. The van der Waals surface area contributed by atoms with Crippen LogP contribution in [0.4, 0.5) is 20.7 Å². The van der Waals surface area contributed by atoms with Gasteiger partial charge in [0.1, 0.15) is 29.5 Å². The molecule has 8 rings (SSSR count). The van der Waals surface area contributed by atoms with E-state index in [4.69, 9.17) is 14.7 Å². The molecule has 5 aliphatic heterocycles. The number of carbonyl (C=O) groups is 2. The van der Waals surface area contributed by atoms with Gasteiger partial charge in [0.2, 0.25) is 0 Å². The van der Waals surface area contributed by atoms with E-state index in [-0.39, 0.29) is 23.0 Å². The summed E-state index contributed by atoms with van der Waals surface area (Å²) in [5.74, 6) is 0.914. The minimum atomic E-state index is -1.00. The molecular formula is C35H42FN7O4. The highest BCUT2D eigenvalue weighted by Crippen LogP contribution is 2.43. The van der Waals surface area contributed by atoms with Crippen LogP contribution in [0.1, 0.15) is 62.8 Å². The molecule has 248 valence electrons. The number of aromatic nitrogens is 2. The van der Waals surface area contributed by atoms with Gasteiger partial charge in [-0.1, -0.05) is 19.9 Å². The number of aryl methyl sites for hydroxylation is 1. The number of rotatable bonds is 6. The highest BCUT2D eigenvalue weighted by Gasteiger charge is 2.50. The quantitative estimate of drug-likeness (QED) is 0.342. The first kappa shape index (κ1) is 30.2. The molecule has 3 N–H and O–H groups in total. The lowest BCUT2D eigenvalue weighted by Gasteiger charge is -2.40. The van der Waals surface area contributed by atoms with Gasteiger partial charge in [0, 0.05) is 42.3 Å². The topological polar surface area (TPSA) is 123 Å². The highest BCUT2D eigenvalue weighted by atomic mass is 19.1. The summed E-state index contributed by atoms with van der Waals surface area (Å²) in [5.41, 5.74) is 2.18. The maximum atomic E-state index is 15.0. The van der Waals surface area contributed by atoms with Crippen molar-refractivity contribution < 1.29 is 23.8 Å². The lowest BCUT2D eigenvalue weighted by atomic mass is 9.88. The summed E-state index contributed by atoms with van der Waals surface area (Å²) in [6.45, 7) is 8.93. The van der Waals surface area contributed by atoms with E-state index in [0.717, 1.165) is 65.9 Å². The molecule has 12 heteroatoms. The molecule has 3 aromatic rings. The Morgan fingerprint density at radius 3 is 2.77 bits per heavy atom. The van der Waals surface area contributed by atoms with Gasteiger partial charge in [-0.2, -0.15) is 9.97 Å². The molecule has 3 atom stereocenters. The van der Waals surface area contributed by atoms with Crippen molar-refractivity contribution in [1.29, 1.82) is 0 Å². The number of anilines is 2. The fourth-order valence-electron chi connectivity index (χ4n) is 9.06. The van der Waals surface area contributed by atoms with Crippen LogP contribution in [-0.4, -0.2) is 82.3 Å². The van der Waals surface area contributed by atoms with Crippen LogP contribution >= 0.6 is 0 Å². The van der Waals surface area contributed by atoms with Gasteiger partial charge in [0.05, 0.1) is 24.3 Å². The van der Waals surface area contributed by atoms with Crippen LogP contribution < -0.4 is 25.2 Å². The normalized spacial score (nSPS) is 27.3. The monoisotopic (exact) mass is 643 g/mol. The molecule has 0 radical (unpaired) electrons. The molecule has 0 saturated carbocycles. The van der Waals surface area contributed by atoms with Gasteiger partial charge in [-0.15, -0.1) is 0 Å². The van der Waals surface area contributed by atoms with E-state index >= 15 is 4.39 Å². The second-order valence-corrected chi connectivity index (χ2v) is 14.3. The van der Waals surface area contributed by atoms with Crippen LogP contribution in [0, 0.1) is 11.7 Å². The van der Waals surface area contributed by atoms with Crippen molar-refractivity contribution in [3.63, 3.8) is 0 Å². The third-order valence-electron chi connectivity index (χ3n) is 11.1. The number of carbonyl (C=O) groups excluding carboxylic acids is 2. The van der Waals surface area contributed by atoms with Crippen LogP contribution in [0.3, 0.4) is 0 Å². The number of urea groups is 1. The van der Waals surface area contributed by atoms with Crippen molar-refractivity contribution in [2.24, 2.45) is 5.92 Å².